The highest BCUT2D eigenvalue weighted by molar-refractivity contribution is 7.99. The minimum Gasteiger partial charge on any atom is -0.481 e. The SMILES string of the molecule is CC1(C(=O)O)CCCN(CCSc2ccccc2)C1. The van der Waals surface area contributed by atoms with Crippen LogP contribution in [0.5, 0.6) is 0 Å². The molecule has 1 heterocycles. The maximum Gasteiger partial charge on any atom is 0.310 e. The van der Waals surface area contributed by atoms with E-state index in [0.29, 0.717) is 6.54 Å². The van der Waals surface area contributed by atoms with Crippen molar-refractivity contribution in [3.63, 3.8) is 0 Å². The van der Waals surface area contributed by atoms with Gasteiger partial charge in [-0.15, -0.1) is 11.8 Å². The van der Waals surface area contributed by atoms with E-state index in [9.17, 15) is 9.90 Å². The highest BCUT2D eigenvalue weighted by atomic mass is 32.2. The summed E-state index contributed by atoms with van der Waals surface area (Å²) in [5, 5.41) is 9.29. The van der Waals surface area contributed by atoms with Gasteiger partial charge in [-0.2, -0.15) is 0 Å². The second-order valence-electron chi connectivity index (χ2n) is 5.41. The van der Waals surface area contributed by atoms with Crippen LogP contribution in [0.15, 0.2) is 35.2 Å². The molecule has 1 N–H and O–H groups in total. The normalized spacial score (nSPS) is 24.3. The summed E-state index contributed by atoms with van der Waals surface area (Å²) in [6.07, 6.45) is 1.78. The Morgan fingerprint density at radius 2 is 2.16 bits per heavy atom. The molecule has 0 radical (unpaired) electrons. The van der Waals surface area contributed by atoms with Gasteiger partial charge in [-0.25, -0.2) is 0 Å². The van der Waals surface area contributed by atoms with Crippen molar-refractivity contribution in [1.29, 1.82) is 0 Å². The number of thioether (sulfide) groups is 1. The topological polar surface area (TPSA) is 40.5 Å². The van der Waals surface area contributed by atoms with Crippen LogP contribution < -0.4 is 0 Å². The van der Waals surface area contributed by atoms with Crippen LogP contribution >= 0.6 is 11.8 Å². The summed E-state index contributed by atoms with van der Waals surface area (Å²) < 4.78 is 0. The summed E-state index contributed by atoms with van der Waals surface area (Å²) in [6.45, 7) is 4.53. The van der Waals surface area contributed by atoms with E-state index in [1.54, 1.807) is 0 Å². The van der Waals surface area contributed by atoms with Gasteiger partial charge in [0.25, 0.3) is 0 Å². The lowest BCUT2D eigenvalue weighted by Gasteiger charge is -2.37. The zero-order chi connectivity index (χ0) is 13.7. The van der Waals surface area contributed by atoms with E-state index in [1.165, 1.54) is 4.90 Å². The van der Waals surface area contributed by atoms with Gasteiger partial charge in [0.15, 0.2) is 0 Å². The van der Waals surface area contributed by atoms with Crippen LogP contribution in [-0.4, -0.2) is 41.4 Å². The fourth-order valence-electron chi connectivity index (χ4n) is 2.52. The number of rotatable bonds is 5. The van der Waals surface area contributed by atoms with Crippen molar-refractivity contribution in [3.05, 3.63) is 30.3 Å². The van der Waals surface area contributed by atoms with Gasteiger partial charge in [-0.3, -0.25) is 4.79 Å². The molecule has 1 aromatic rings. The van der Waals surface area contributed by atoms with E-state index in [2.05, 4.69) is 17.0 Å². The number of carboxylic acids is 1. The van der Waals surface area contributed by atoms with Gasteiger partial charge in [0.05, 0.1) is 5.41 Å². The zero-order valence-electron chi connectivity index (χ0n) is 11.3. The number of hydrogen-bond acceptors (Lipinski definition) is 3. The molecule has 1 aliphatic rings. The second kappa shape index (κ2) is 6.44. The van der Waals surface area contributed by atoms with Gasteiger partial charge >= 0.3 is 5.97 Å². The number of likely N-dealkylation sites (tertiary alicyclic amines) is 1. The lowest BCUT2D eigenvalue weighted by atomic mass is 9.82. The molecule has 1 fully saturated rings. The van der Waals surface area contributed by atoms with Gasteiger partial charge in [0.2, 0.25) is 0 Å². The first-order valence-electron chi connectivity index (χ1n) is 6.74. The molecule has 104 valence electrons. The van der Waals surface area contributed by atoms with Gasteiger partial charge in [0, 0.05) is 23.7 Å². The van der Waals surface area contributed by atoms with Crippen molar-refractivity contribution < 1.29 is 9.90 Å². The van der Waals surface area contributed by atoms with E-state index in [0.717, 1.165) is 31.7 Å². The van der Waals surface area contributed by atoms with Crippen molar-refractivity contribution in [2.75, 3.05) is 25.4 Å². The molecular formula is C15H21NO2S. The first kappa shape index (κ1) is 14.4. The largest absolute Gasteiger partial charge is 0.481 e. The molecule has 0 aromatic heterocycles. The lowest BCUT2D eigenvalue weighted by molar-refractivity contribution is -0.151. The summed E-state index contributed by atoms with van der Waals surface area (Å²) in [5.41, 5.74) is -0.560. The van der Waals surface area contributed by atoms with Gasteiger partial charge in [-0.05, 0) is 38.4 Å². The van der Waals surface area contributed by atoms with Crippen molar-refractivity contribution >= 4 is 17.7 Å². The predicted octanol–water partition coefficient (Wildman–Crippen LogP) is 2.97. The van der Waals surface area contributed by atoms with Gasteiger partial charge in [0.1, 0.15) is 0 Å². The van der Waals surface area contributed by atoms with E-state index >= 15 is 0 Å². The highest BCUT2D eigenvalue weighted by Gasteiger charge is 2.37. The average Bonchev–Trinajstić information content (AvgIpc) is 2.40. The van der Waals surface area contributed by atoms with Crippen LogP contribution in [-0.2, 0) is 4.79 Å². The number of nitrogens with zero attached hydrogens (tertiary/aromatic N) is 1. The lowest BCUT2D eigenvalue weighted by Crippen LogP contribution is -2.46. The van der Waals surface area contributed by atoms with E-state index in [4.69, 9.17) is 0 Å². The Hall–Kier alpha value is -1.00. The molecule has 19 heavy (non-hydrogen) atoms. The fourth-order valence-corrected chi connectivity index (χ4v) is 3.45. The maximum atomic E-state index is 11.3. The fraction of sp³-hybridized carbons (Fsp3) is 0.533. The maximum absolute atomic E-state index is 11.3. The van der Waals surface area contributed by atoms with Crippen molar-refractivity contribution in [2.24, 2.45) is 5.41 Å². The first-order chi connectivity index (χ1) is 9.10. The molecule has 0 aliphatic carbocycles. The molecule has 2 rings (SSSR count). The molecule has 4 heteroatoms. The Labute approximate surface area is 119 Å². The van der Waals surface area contributed by atoms with Gasteiger partial charge in [-0.1, -0.05) is 18.2 Å². The van der Waals surface area contributed by atoms with Crippen molar-refractivity contribution in [1.82, 2.24) is 4.90 Å². The number of piperidine rings is 1. The molecule has 3 nitrogen and oxygen atoms in total. The molecule has 1 aromatic carbocycles. The van der Waals surface area contributed by atoms with Gasteiger partial charge < -0.3 is 10.0 Å². The number of carbonyl (C=O) groups is 1. The standard InChI is InChI=1S/C15H21NO2S/c1-15(14(17)18)8-5-9-16(12-15)10-11-19-13-6-3-2-4-7-13/h2-4,6-7H,5,8-12H2,1H3,(H,17,18). The Kier molecular flexibility index (Phi) is 4.88. The summed E-state index contributed by atoms with van der Waals surface area (Å²) >= 11 is 1.83. The number of carboxylic acid groups (broad SMARTS) is 1. The Bertz CT molecular complexity index is 423. The smallest absolute Gasteiger partial charge is 0.310 e. The highest BCUT2D eigenvalue weighted by Crippen LogP contribution is 2.30. The van der Waals surface area contributed by atoms with Crippen LogP contribution in [0.1, 0.15) is 19.8 Å². The third-order valence-corrected chi connectivity index (χ3v) is 4.70. The monoisotopic (exact) mass is 279 g/mol. The number of benzene rings is 1. The van der Waals surface area contributed by atoms with Crippen LogP contribution in [0, 0.1) is 5.41 Å². The number of hydrogen-bond donors (Lipinski definition) is 1. The Morgan fingerprint density at radius 3 is 2.84 bits per heavy atom. The van der Waals surface area contributed by atoms with E-state index in [-0.39, 0.29) is 0 Å². The third-order valence-electron chi connectivity index (χ3n) is 3.71. The molecule has 1 aliphatic heterocycles. The second-order valence-corrected chi connectivity index (χ2v) is 6.58. The zero-order valence-corrected chi connectivity index (χ0v) is 12.2. The molecule has 0 bridgehead atoms. The van der Waals surface area contributed by atoms with E-state index in [1.807, 2.05) is 36.9 Å². The molecule has 1 saturated heterocycles. The van der Waals surface area contributed by atoms with Crippen molar-refractivity contribution in [2.45, 2.75) is 24.7 Å². The molecule has 1 unspecified atom stereocenters. The molecule has 0 saturated carbocycles. The van der Waals surface area contributed by atoms with Crippen LogP contribution in [0.4, 0.5) is 0 Å². The predicted molar refractivity (Wildman–Crippen MR) is 78.6 cm³/mol. The summed E-state index contributed by atoms with van der Waals surface area (Å²) in [5.74, 6) is 0.354. The summed E-state index contributed by atoms with van der Waals surface area (Å²) in [6, 6.07) is 10.3. The first-order valence-corrected chi connectivity index (χ1v) is 7.72. The van der Waals surface area contributed by atoms with Crippen LogP contribution in [0.25, 0.3) is 0 Å². The molecule has 0 spiro atoms. The quantitative estimate of drug-likeness (QED) is 0.841. The molecule has 1 atom stereocenters. The summed E-state index contributed by atoms with van der Waals surface area (Å²) in [4.78, 5) is 14.8. The number of aliphatic carboxylic acids is 1. The molecular weight excluding hydrogens is 258 g/mol. The minimum atomic E-state index is -0.659. The summed E-state index contributed by atoms with van der Waals surface area (Å²) in [7, 11) is 0. The Morgan fingerprint density at radius 1 is 1.42 bits per heavy atom. The minimum absolute atomic E-state index is 0.560. The third kappa shape index (κ3) is 3.98. The van der Waals surface area contributed by atoms with Crippen LogP contribution in [0.2, 0.25) is 0 Å². The van der Waals surface area contributed by atoms with Crippen molar-refractivity contribution in [3.8, 4) is 0 Å². The average molecular weight is 279 g/mol. The Balaban J connectivity index is 1.79. The van der Waals surface area contributed by atoms with E-state index < -0.39 is 11.4 Å². The molecule has 0 amide bonds. The van der Waals surface area contributed by atoms with Crippen LogP contribution in [0.3, 0.4) is 0 Å².